The van der Waals surface area contributed by atoms with Gasteiger partial charge in [-0.2, -0.15) is 9.97 Å². The minimum Gasteiger partial charge on any atom is -0.463 e. The van der Waals surface area contributed by atoms with E-state index in [1.54, 1.807) is 12.4 Å². The summed E-state index contributed by atoms with van der Waals surface area (Å²) in [6, 6.07) is 0.567. The molecule has 11 heteroatoms. The van der Waals surface area contributed by atoms with Crippen molar-refractivity contribution in [2.75, 3.05) is 22.8 Å². The minimum absolute atomic E-state index is 0.0202. The van der Waals surface area contributed by atoms with Crippen molar-refractivity contribution in [3.8, 4) is 5.88 Å². The van der Waals surface area contributed by atoms with Crippen LogP contribution in [0.2, 0.25) is 5.02 Å². The van der Waals surface area contributed by atoms with Crippen LogP contribution in [0.25, 0.3) is 0 Å². The lowest BCUT2D eigenvalue weighted by Crippen LogP contribution is -2.49. The molecule has 3 aliphatic heterocycles. The van der Waals surface area contributed by atoms with Crippen molar-refractivity contribution in [2.24, 2.45) is 0 Å². The third-order valence-corrected chi connectivity index (χ3v) is 8.67. The van der Waals surface area contributed by atoms with Gasteiger partial charge >= 0.3 is 0 Å². The molecule has 0 amide bonds. The quantitative estimate of drug-likeness (QED) is 0.672. The Morgan fingerprint density at radius 2 is 1.94 bits per heavy atom. The maximum atomic E-state index is 12.6. The first kappa shape index (κ1) is 20.6. The van der Waals surface area contributed by atoms with E-state index in [9.17, 15) is 9.32 Å². The number of hydrogen-bond acceptors (Lipinski definition) is 9. The molecule has 6 rings (SSSR count). The van der Waals surface area contributed by atoms with Crippen LogP contribution in [0.3, 0.4) is 0 Å². The maximum absolute atomic E-state index is 12.6. The first-order chi connectivity index (χ1) is 15.5. The van der Waals surface area contributed by atoms with Crippen molar-refractivity contribution in [1.29, 1.82) is 0 Å². The molecular weight excluding hydrogens is 452 g/mol. The summed E-state index contributed by atoms with van der Waals surface area (Å²) in [5.41, 5.74) is -0.399. The van der Waals surface area contributed by atoms with E-state index in [1.807, 2.05) is 0 Å². The number of anilines is 2. The number of aliphatic hydroxyl groups is 1. The SMILES string of the molecule is O=S1COc2nc(N3C4CCC3CC(c3ncc(Cl)cn3)C4)nc(NC3(CO)CCC3)c21. The highest BCUT2D eigenvalue weighted by molar-refractivity contribution is 7.85. The molecule has 9 nitrogen and oxygen atoms in total. The first-order valence-corrected chi connectivity index (χ1v) is 12.8. The van der Waals surface area contributed by atoms with Gasteiger partial charge in [0.05, 0.1) is 17.2 Å². The molecule has 0 aromatic carbocycles. The summed E-state index contributed by atoms with van der Waals surface area (Å²) in [6.07, 6.45) is 10.1. The van der Waals surface area contributed by atoms with Gasteiger partial charge in [-0.15, -0.1) is 0 Å². The zero-order valence-electron chi connectivity index (χ0n) is 17.5. The van der Waals surface area contributed by atoms with E-state index in [0.29, 0.717) is 27.6 Å². The molecule has 2 bridgehead atoms. The molecule has 3 fully saturated rings. The number of aromatic nitrogens is 4. The van der Waals surface area contributed by atoms with Gasteiger partial charge in [-0.3, -0.25) is 4.21 Å². The molecule has 2 aromatic rings. The Labute approximate surface area is 193 Å². The highest BCUT2D eigenvalue weighted by Crippen LogP contribution is 2.46. The molecule has 3 atom stereocenters. The number of ether oxygens (including phenoxy) is 1. The Balaban J connectivity index is 1.31. The van der Waals surface area contributed by atoms with Gasteiger partial charge in [0, 0.05) is 30.4 Å². The Kier molecular flexibility index (Phi) is 5.00. The van der Waals surface area contributed by atoms with E-state index in [4.69, 9.17) is 21.3 Å². The molecule has 0 spiro atoms. The normalized spacial score (nSPS) is 29.9. The molecule has 170 valence electrons. The molecule has 2 N–H and O–H groups in total. The second kappa shape index (κ2) is 7.78. The number of halogens is 1. The van der Waals surface area contributed by atoms with Crippen LogP contribution in [0, 0.1) is 0 Å². The van der Waals surface area contributed by atoms with E-state index in [-0.39, 0.29) is 30.5 Å². The average molecular weight is 477 g/mol. The van der Waals surface area contributed by atoms with E-state index in [0.717, 1.165) is 50.8 Å². The summed E-state index contributed by atoms with van der Waals surface area (Å²) in [5.74, 6) is 2.77. The van der Waals surface area contributed by atoms with Crippen LogP contribution in [0.15, 0.2) is 17.3 Å². The van der Waals surface area contributed by atoms with E-state index in [1.165, 1.54) is 0 Å². The second-order valence-electron chi connectivity index (χ2n) is 9.25. The predicted octanol–water partition coefficient (Wildman–Crippen LogP) is 2.62. The summed E-state index contributed by atoms with van der Waals surface area (Å²) < 4.78 is 18.2. The van der Waals surface area contributed by atoms with Gasteiger partial charge in [-0.25, -0.2) is 9.97 Å². The molecule has 2 saturated heterocycles. The number of rotatable bonds is 5. The van der Waals surface area contributed by atoms with Gasteiger partial charge in [0.25, 0.3) is 0 Å². The second-order valence-corrected chi connectivity index (χ2v) is 11.0. The van der Waals surface area contributed by atoms with Crippen LogP contribution in [0.1, 0.15) is 56.7 Å². The number of nitrogens with one attached hydrogen (secondary N) is 1. The highest BCUT2D eigenvalue weighted by Gasteiger charge is 2.45. The Morgan fingerprint density at radius 1 is 1.22 bits per heavy atom. The standard InChI is InChI=1S/C21H25ClN6O3S/c22-13-8-23-17(24-9-13)12-6-14-2-3-15(7-12)28(14)20-25-18(27-21(10-29)4-1-5-21)16-19(26-20)31-11-32(16)30/h8-9,12,14-15,29H,1-7,10-11H2,(H,25,26,27). The van der Waals surface area contributed by atoms with Crippen LogP contribution in [0.4, 0.5) is 11.8 Å². The lowest BCUT2D eigenvalue weighted by atomic mass is 9.77. The third kappa shape index (κ3) is 3.34. The Hall–Kier alpha value is -2.04. The third-order valence-electron chi connectivity index (χ3n) is 7.32. The fraction of sp³-hybridized carbons (Fsp3) is 0.619. The minimum atomic E-state index is -1.31. The monoisotopic (exact) mass is 476 g/mol. The van der Waals surface area contributed by atoms with Crippen molar-refractivity contribution in [3.05, 3.63) is 23.2 Å². The predicted molar refractivity (Wildman–Crippen MR) is 120 cm³/mol. The van der Waals surface area contributed by atoms with Crippen molar-refractivity contribution >= 4 is 34.2 Å². The topological polar surface area (TPSA) is 113 Å². The van der Waals surface area contributed by atoms with Gasteiger partial charge in [-0.05, 0) is 44.9 Å². The molecule has 5 heterocycles. The first-order valence-electron chi connectivity index (χ1n) is 11.1. The summed E-state index contributed by atoms with van der Waals surface area (Å²) in [7, 11) is -1.31. The van der Waals surface area contributed by atoms with Gasteiger partial charge in [-0.1, -0.05) is 11.6 Å². The van der Waals surface area contributed by atoms with Crippen LogP contribution in [0.5, 0.6) is 5.88 Å². The molecule has 1 saturated carbocycles. The zero-order valence-corrected chi connectivity index (χ0v) is 19.1. The summed E-state index contributed by atoms with van der Waals surface area (Å²) >= 11 is 5.96. The number of hydrogen-bond donors (Lipinski definition) is 2. The van der Waals surface area contributed by atoms with Crippen LogP contribution < -0.4 is 15.0 Å². The zero-order chi connectivity index (χ0) is 21.9. The molecule has 0 radical (unpaired) electrons. The number of piperidine rings is 1. The van der Waals surface area contributed by atoms with Crippen LogP contribution in [-0.2, 0) is 10.8 Å². The van der Waals surface area contributed by atoms with Gasteiger partial charge < -0.3 is 20.1 Å². The number of nitrogens with zero attached hydrogens (tertiary/aromatic N) is 5. The van der Waals surface area contributed by atoms with E-state index in [2.05, 4.69) is 25.2 Å². The van der Waals surface area contributed by atoms with Gasteiger partial charge in [0.1, 0.15) is 21.5 Å². The van der Waals surface area contributed by atoms with Crippen LogP contribution in [-0.4, -0.2) is 59.4 Å². The molecule has 2 aromatic heterocycles. The Morgan fingerprint density at radius 3 is 2.56 bits per heavy atom. The van der Waals surface area contributed by atoms with Crippen molar-refractivity contribution in [1.82, 2.24) is 19.9 Å². The van der Waals surface area contributed by atoms with Crippen LogP contribution >= 0.6 is 11.6 Å². The molecule has 32 heavy (non-hydrogen) atoms. The lowest BCUT2D eigenvalue weighted by molar-refractivity contribution is 0.143. The number of aliphatic hydroxyl groups excluding tert-OH is 1. The van der Waals surface area contributed by atoms with Crippen molar-refractivity contribution < 1.29 is 14.1 Å². The lowest BCUT2D eigenvalue weighted by Gasteiger charge is -2.42. The van der Waals surface area contributed by atoms with E-state index < -0.39 is 16.3 Å². The van der Waals surface area contributed by atoms with Crippen molar-refractivity contribution in [2.45, 2.75) is 73.4 Å². The molecule has 3 unspecified atom stereocenters. The van der Waals surface area contributed by atoms with Crippen molar-refractivity contribution in [3.63, 3.8) is 0 Å². The van der Waals surface area contributed by atoms with Gasteiger partial charge in [0.2, 0.25) is 11.8 Å². The fourth-order valence-electron chi connectivity index (χ4n) is 5.51. The largest absolute Gasteiger partial charge is 0.463 e. The maximum Gasteiger partial charge on any atom is 0.238 e. The highest BCUT2D eigenvalue weighted by atomic mass is 35.5. The smallest absolute Gasteiger partial charge is 0.238 e. The summed E-state index contributed by atoms with van der Waals surface area (Å²) in [5, 5.41) is 13.9. The molecule has 4 aliphatic rings. The summed E-state index contributed by atoms with van der Waals surface area (Å²) in [6.45, 7) is 0.0202. The Bertz CT molecular complexity index is 1050. The summed E-state index contributed by atoms with van der Waals surface area (Å²) in [4.78, 5) is 21.3. The molecular formula is C21H25ClN6O3S. The fourth-order valence-corrected chi connectivity index (χ4v) is 6.56. The van der Waals surface area contributed by atoms with Gasteiger partial charge in [0.15, 0.2) is 11.8 Å². The average Bonchev–Trinajstić information content (AvgIpc) is 3.27. The number of fused-ring (bicyclic) bond motifs is 3. The van der Waals surface area contributed by atoms with E-state index >= 15 is 0 Å². The molecule has 1 aliphatic carbocycles.